The van der Waals surface area contributed by atoms with Crippen LogP contribution >= 0.6 is 0 Å². The van der Waals surface area contributed by atoms with E-state index in [9.17, 15) is 4.79 Å². The molecule has 1 atom stereocenters. The number of unbranched alkanes of at least 4 members (excludes halogenated alkanes) is 29. The Morgan fingerprint density at radius 3 is 0.956 bits per heavy atom. The molecule has 0 N–H and O–H groups in total. The number of rotatable bonds is 38. The van der Waals surface area contributed by atoms with E-state index in [-0.39, 0.29) is 12.1 Å². The quantitative estimate of drug-likeness (QED) is 0.0499. The summed E-state index contributed by atoms with van der Waals surface area (Å²) in [5.74, 6) is 0.0271. The molecule has 0 aromatic heterocycles. The van der Waals surface area contributed by atoms with Gasteiger partial charge in [-0.1, -0.05) is 200 Å². The normalized spacial score (nSPS) is 12.3. The summed E-state index contributed by atoms with van der Waals surface area (Å²) in [5, 5.41) is 0. The average molecular weight is 636 g/mol. The third-order valence-electron chi connectivity index (χ3n) is 9.79. The minimum atomic E-state index is 0.0271. The summed E-state index contributed by atoms with van der Waals surface area (Å²) in [6, 6.07) is 0. The highest BCUT2D eigenvalue weighted by Gasteiger charge is 2.14. The first kappa shape index (κ1) is 44.4. The van der Waals surface area contributed by atoms with Gasteiger partial charge in [0.15, 0.2) is 0 Å². The standard InChI is InChI=1S/C42H85NO2/c1-5-7-9-11-13-15-17-19-21-23-25-27-29-31-33-35-38-41(45-42(44)39-36-40-43(3)4)37-34-32-30-28-26-24-22-20-18-16-14-12-10-8-6-2/h41H,5-40H2,1-4H3. The van der Waals surface area contributed by atoms with Crippen LogP contribution in [0.2, 0.25) is 0 Å². The first-order valence-corrected chi connectivity index (χ1v) is 20.9. The third kappa shape index (κ3) is 37.8. The highest BCUT2D eigenvalue weighted by Crippen LogP contribution is 2.19. The molecule has 0 aliphatic rings. The fourth-order valence-electron chi connectivity index (χ4n) is 6.71. The van der Waals surface area contributed by atoms with Crippen molar-refractivity contribution >= 4 is 5.97 Å². The molecule has 0 saturated carbocycles. The summed E-state index contributed by atoms with van der Waals surface area (Å²) in [4.78, 5) is 14.7. The van der Waals surface area contributed by atoms with E-state index in [2.05, 4.69) is 32.8 Å². The lowest BCUT2D eigenvalue weighted by molar-refractivity contribution is -0.150. The van der Waals surface area contributed by atoms with E-state index in [0.29, 0.717) is 6.42 Å². The SMILES string of the molecule is CCCCCCCCCCCCCCCCCCC(CCCCCCCCCCCCCCCCC)OC(=O)CCCN(C)C. The van der Waals surface area contributed by atoms with Gasteiger partial charge < -0.3 is 9.64 Å². The lowest BCUT2D eigenvalue weighted by Gasteiger charge is -2.18. The third-order valence-corrected chi connectivity index (χ3v) is 9.79. The Morgan fingerprint density at radius 1 is 0.422 bits per heavy atom. The van der Waals surface area contributed by atoms with Gasteiger partial charge in [-0.2, -0.15) is 0 Å². The molecule has 0 saturated heterocycles. The van der Waals surface area contributed by atoms with Crippen LogP contribution in [0.25, 0.3) is 0 Å². The molecule has 0 aromatic rings. The molecule has 3 heteroatoms. The monoisotopic (exact) mass is 636 g/mol. The highest BCUT2D eigenvalue weighted by atomic mass is 16.5. The minimum Gasteiger partial charge on any atom is -0.462 e. The zero-order valence-corrected chi connectivity index (χ0v) is 31.8. The van der Waals surface area contributed by atoms with E-state index in [0.717, 1.165) is 25.8 Å². The summed E-state index contributed by atoms with van der Waals surface area (Å²) in [5.41, 5.74) is 0. The zero-order chi connectivity index (χ0) is 32.9. The van der Waals surface area contributed by atoms with Gasteiger partial charge in [-0.25, -0.2) is 0 Å². The van der Waals surface area contributed by atoms with Crippen molar-refractivity contribution in [1.82, 2.24) is 4.90 Å². The van der Waals surface area contributed by atoms with E-state index in [1.807, 2.05) is 0 Å². The first-order valence-electron chi connectivity index (χ1n) is 20.9. The zero-order valence-electron chi connectivity index (χ0n) is 31.8. The molecule has 45 heavy (non-hydrogen) atoms. The van der Waals surface area contributed by atoms with Crippen LogP contribution < -0.4 is 0 Å². The number of nitrogens with zero attached hydrogens (tertiary/aromatic N) is 1. The van der Waals surface area contributed by atoms with Gasteiger partial charge in [0.05, 0.1) is 0 Å². The molecule has 0 amide bonds. The summed E-state index contributed by atoms with van der Waals surface area (Å²) in [6.45, 7) is 5.55. The average Bonchev–Trinajstić information content (AvgIpc) is 3.02. The topological polar surface area (TPSA) is 29.5 Å². The molecule has 270 valence electrons. The second-order valence-corrected chi connectivity index (χ2v) is 14.8. The number of esters is 1. The van der Waals surface area contributed by atoms with E-state index in [1.54, 1.807) is 0 Å². The predicted molar refractivity (Wildman–Crippen MR) is 201 cm³/mol. The van der Waals surface area contributed by atoms with E-state index >= 15 is 0 Å². The van der Waals surface area contributed by atoms with Crippen LogP contribution in [0.1, 0.15) is 239 Å². The van der Waals surface area contributed by atoms with E-state index in [4.69, 9.17) is 4.74 Å². The van der Waals surface area contributed by atoms with Crippen molar-refractivity contribution < 1.29 is 9.53 Å². The maximum atomic E-state index is 12.5. The predicted octanol–water partition coefficient (Wildman–Crippen LogP) is 14.2. The molecule has 0 spiro atoms. The van der Waals surface area contributed by atoms with Crippen LogP contribution in [0.4, 0.5) is 0 Å². The minimum absolute atomic E-state index is 0.0271. The Bertz CT molecular complexity index is 563. The first-order chi connectivity index (χ1) is 22.1. The fraction of sp³-hybridized carbons (Fsp3) is 0.976. The molecule has 0 radical (unpaired) electrons. The summed E-state index contributed by atoms with van der Waals surface area (Å²) < 4.78 is 6.02. The second-order valence-electron chi connectivity index (χ2n) is 14.8. The van der Waals surface area contributed by atoms with Gasteiger partial charge in [0.1, 0.15) is 6.10 Å². The van der Waals surface area contributed by atoms with Crippen LogP contribution in [0.3, 0.4) is 0 Å². The van der Waals surface area contributed by atoms with Gasteiger partial charge in [-0.05, 0) is 52.7 Å². The lowest BCUT2D eigenvalue weighted by atomic mass is 10.0. The largest absolute Gasteiger partial charge is 0.462 e. The van der Waals surface area contributed by atoms with Crippen LogP contribution in [0, 0.1) is 0 Å². The van der Waals surface area contributed by atoms with Crippen molar-refractivity contribution in [2.24, 2.45) is 0 Å². The van der Waals surface area contributed by atoms with Crippen molar-refractivity contribution in [1.29, 1.82) is 0 Å². The van der Waals surface area contributed by atoms with E-state index < -0.39 is 0 Å². The van der Waals surface area contributed by atoms with Crippen molar-refractivity contribution in [3.63, 3.8) is 0 Å². The molecule has 0 heterocycles. The summed E-state index contributed by atoms with van der Waals surface area (Å²) >= 11 is 0. The Morgan fingerprint density at radius 2 is 0.689 bits per heavy atom. The number of ether oxygens (including phenoxy) is 1. The Kier molecular flexibility index (Phi) is 37.4. The van der Waals surface area contributed by atoms with Crippen LogP contribution in [-0.4, -0.2) is 37.6 Å². The van der Waals surface area contributed by atoms with Gasteiger partial charge in [0.2, 0.25) is 0 Å². The number of carbonyl (C=O) groups excluding carboxylic acids is 1. The molecule has 3 nitrogen and oxygen atoms in total. The molecular weight excluding hydrogens is 550 g/mol. The maximum Gasteiger partial charge on any atom is 0.306 e. The molecule has 0 aliphatic heterocycles. The van der Waals surface area contributed by atoms with Crippen molar-refractivity contribution in [3.8, 4) is 0 Å². The smallest absolute Gasteiger partial charge is 0.306 e. The van der Waals surface area contributed by atoms with Crippen LogP contribution in [0.5, 0.6) is 0 Å². The maximum absolute atomic E-state index is 12.5. The van der Waals surface area contributed by atoms with Crippen molar-refractivity contribution in [2.75, 3.05) is 20.6 Å². The Labute approximate surface area is 285 Å². The number of hydrogen-bond donors (Lipinski definition) is 0. The lowest BCUT2D eigenvalue weighted by Crippen LogP contribution is -2.20. The molecule has 0 aromatic carbocycles. The fourth-order valence-corrected chi connectivity index (χ4v) is 6.71. The summed E-state index contributed by atoms with van der Waals surface area (Å²) in [7, 11) is 4.14. The molecule has 0 rings (SSSR count). The Hall–Kier alpha value is -0.570. The summed E-state index contributed by atoms with van der Waals surface area (Å²) in [6.07, 6.45) is 47.1. The molecule has 0 bridgehead atoms. The number of carbonyl (C=O) groups is 1. The van der Waals surface area contributed by atoms with Crippen LogP contribution in [-0.2, 0) is 9.53 Å². The second kappa shape index (κ2) is 37.9. The van der Waals surface area contributed by atoms with Crippen molar-refractivity contribution in [2.45, 2.75) is 245 Å². The van der Waals surface area contributed by atoms with Gasteiger partial charge in [-0.3, -0.25) is 4.79 Å². The van der Waals surface area contributed by atoms with Gasteiger partial charge >= 0.3 is 5.97 Å². The molecule has 0 fully saturated rings. The van der Waals surface area contributed by atoms with E-state index in [1.165, 1.54) is 199 Å². The Balaban J connectivity index is 3.86. The van der Waals surface area contributed by atoms with Crippen molar-refractivity contribution in [3.05, 3.63) is 0 Å². The molecule has 1 unspecified atom stereocenters. The molecule has 0 aliphatic carbocycles. The molecular formula is C42H85NO2. The highest BCUT2D eigenvalue weighted by molar-refractivity contribution is 5.69. The van der Waals surface area contributed by atoms with Gasteiger partial charge in [0, 0.05) is 6.42 Å². The van der Waals surface area contributed by atoms with Crippen LogP contribution in [0.15, 0.2) is 0 Å². The van der Waals surface area contributed by atoms with Gasteiger partial charge in [-0.15, -0.1) is 0 Å². The number of hydrogen-bond acceptors (Lipinski definition) is 3. The van der Waals surface area contributed by atoms with Gasteiger partial charge in [0.25, 0.3) is 0 Å².